The van der Waals surface area contributed by atoms with E-state index in [4.69, 9.17) is 10.5 Å². The molecule has 1 aliphatic heterocycles. The first-order valence-corrected chi connectivity index (χ1v) is 8.45. The van der Waals surface area contributed by atoms with Crippen molar-refractivity contribution in [2.45, 2.75) is 51.2 Å². The molecule has 0 spiro atoms. The Morgan fingerprint density at radius 2 is 2.05 bits per heavy atom. The molecule has 2 N–H and O–H groups in total. The van der Waals surface area contributed by atoms with Gasteiger partial charge in [-0.25, -0.2) is 0 Å². The number of ether oxygens (including phenoxy) is 1. The summed E-state index contributed by atoms with van der Waals surface area (Å²) >= 11 is 0. The van der Waals surface area contributed by atoms with Crippen molar-refractivity contribution in [1.29, 1.82) is 0 Å². The van der Waals surface area contributed by atoms with Crippen LogP contribution in [0.15, 0.2) is 24.3 Å². The minimum atomic E-state index is 0.0836. The number of para-hydroxylation sites is 1. The van der Waals surface area contributed by atoms with E-state index >= 15 is 0 Å². The molecule has 22 heavy (non-hydrogen) atoms. The fraction of sp³-hybridized carbons (Fsp3) is 0.611. The average Bonchev–Trinajstić information content (AvgIpc) is 2.50. The molecule has 1 amide bonds. The van der Waals surface area contributed by atoms with E-state index in [1.54, 1.807) is 0 Å². The number of hydrogen-bond acceptors (Lipinski definition) is 3. The summed E-state index contributed by atoms with van der Waals surface area (Å²) < 4.78 is 6.00. The number of nitrogens with two attached hydrogens (primary N) is 1. The Morgan fingerprint density at radius 3 is 2.73 bits per heavy atom. The van der Waals surface area contributed by atoms with E-state index in [1.807, 2.05) is 36.1 Å². The Morgan fingerprint density at radius 1 is 1.27 bits per heavy atom. The summed E-state index contributed by atoms with van der Waals surface area (Å²) in [5.74, 6) is 1.22. The molecule has 2 unspecified atom stereocenters. The third-order valence-electron chi connectivity index (χ3n) is 4.95. The van der Waals surface area contributed by atoms with Gasteiger partial charge in [0.25, 0.3) is 5.91 Å². The van der Waals surface area contributed by atoms with Gasteiger partial charge in [-0.1, -0.05) is 12.1 Å². The van der Waals surface area contributed by atoms with Crippen LogP contribution in [0, 0.1) is 5.92 Å². The third-order valence-corrected chi connectivity index (χ3v) is 4.95. The molecule has 1 aliphatic carbocycles. The van der Waals surface area contributed by atoms with Gasteiger partial charge in [0, 0.05) is 19.1 Å². The Balaban J connectivity index is 1.73. The number of hydrogen-bond donors (Lipinski definition) is 1. The lowest BCUT2D eigenvalue weighted by atomic mass is 9.91. The standard InChI is InChI=1S/C18H26N2O2/c1-13(19)14-6-5-11-20(12-14)18(21)16-9-2-3-10-17(16)22-15-7-4-8-15/h2-3,9-10,13-15H,4-8,11-12,19H2,1H3. The lowest BCUT2D eigenvalue weighted by molar-refractivity contribution is 0.0645. The number of likely N-dealkylation sites (tertiary alicyclic amines) is 1. The van der Waals surface area contributed by atoms with Crippen molar-refractivity contribution < 1.29 is 9.53 Å². The van der Waals surface area contributed by atoms with Crippen molar-refractivity contribution in [3.63, 3.8) is 0 Å². The summed E-state index contributed by atoms with van der Waals surface area (Å²) in [7, 11) is 0. The van der Waals surface area contributed by atoms with Crippen molar-refractivity contribution in [3.8, 4) is 5.75 Å². The first-order chi connectivity index (χ1) is 10.6. The van der Waals surface area contributed by atoms with Gasteiger partial charge >= 0.3 is 0 Å². The number of amides is 1. The fourth-order valence-corrected chi connectivity index (χ4v) is 3.21. The summed E-state index contributed by atoms with van der Waals surface area (Å²) in [4.78, 5) is 14.8. The zero-order chi connectivity index (χ0) is 15.5. The van der Waals surface area contributed by atoms with E-state index in [9.17, 15) is 4.79 Å². The highest BCUT2D eigenvalue weighted by Crippen LogP contribution is 2.29. The van der Waals surface area contributed by atoms with Gasteiger partial charge in [0.15, 0.2) is 0 Å². The molecule has 3 rings (SSSR count). The van der Waals surface area contributed by atoms with Crippen LogP contribution in [0.3, 0.4) is 0 Å². The summed E-state index contributed by atoms with van der Waals surface area (Å²) in [5.41, 5.74) is 6.72. The van der Waals surface area contributed by atoms with Crippen LogP contribution in [0.4, 0.5) is 0 Å². The molecule has 0 aromatic heterocycles. The lowest BCUT2D eigenvalue weighted by Crippen LogP contribution is -2.45. The topological polar surface area (TPSA) is 55.6 Å². The van der Waals surface area contributed by atoms with E-state index in [-0.39, 0.29) is 18.1 Å². The number of benzene rings is 1. The van der Waals surface area contributed by atoms with Crippen LogP contribution in [-0.4, -0.2) is 36.0 Å². The lowest BCUT2D eigenvalue weighted by Gasteiger charge is -2.35. The summed E-state index contributed by atoms with van der Waals surface area (Å²) in [6.45, 7) is 3.61. The molecule has 120 valence electrons. The molecule has 1 saturated heterocycles. The van der Waals surface area contributed by atoms with Gasteiger partial charge < -0.3 is 15.4 Å². The molecular formula is C18H26N2O2. The van der Waals surface area contributed by atoms with Crippen LogP contribution in [0.5, 0.6) is 5.75 Å². The molecule has 1 saturated carbocycles. The van der Waals surface area contributed by atoms with Crippen molar-refractivity contribution in [2.24, 2.45) is 11.7 Å². The van der Waals surface area contributed by atoms with Gasteiger partial charge in [0.2, 0.25) is 0 Å². The van der Waals surface area contributed by atoms with Gasteiger partial charge in [0.05, 0.1) is 11.7 Å². The largest absolute Gasteiger partial charge is 0.490 e. The van der Waals surface area contributed by atoms with E-state index in [0.29, 0.717) is 11.5 Å². The fourth-order valence-electron chi connectivity index (χ4n) is 3.21. The monoisotopic (exact) mass is 302 g/mol. The van der Waals surface area contributed by atoms with Crippen molar-refractivity contribution in [2.75, 3.05) is 13.1 Å². The minimum absolute atomic E-state index is 0.0836. The van der Waals surface area contributed by atoms with E-state index < -0.39 is 0 Å². The second kappa shape index (κ2) is 6.69. The Labute approximate surface area is 132 Å². The highest BCUT2D eigenvalue weighted by atomic mass is 16.5. The van der Waals surface area contributed by atoms with Gasteiger partial charge in [-0.05, 0) is 57.1 Å². The number of carbonyl (C=O) groups is 1. The van der Waals surface area contributed by atoms with Crippen LogP contribution >= 0.6 is 0 Å². The highest BCUT2D eigenvalue weighted by molar-refractivity contribution is 5.97. The average molecular weight is 302 g/mol. The molecule has 4 heteroatoms. The smallest absolute Gasteiger partial charge is 0.257 e. The molecule has 2 aliphatic rings. The maximum Gasteiger partial charge on any atom is 0.257 e. The zero-order valence-corrected chi connectivity index (χ0v) is 13.3. The Kier molecular flexibility index (Phi) is 4.67. The summed E-state index contributed by atoms with van der Waals surface area (Å²) in [6, 6.07) is 7.78. The molecule has 4 nitrogen and oxygen atoms in total. The molecule has 1 heterocycles. The molecule has 0 bridgehead atoms. The Bertz CT molecular complexity index is 526. The number of nitrogens with zero attached hydrogens (tertiary/aromatic N) is 1. The highest BCUT2D eigenvalue weighted by Gasteiger charge is 2.28. The maximum absolute atomic E-state index is 12.9. The quantitative estimate of drug-likeness (QED) is 0.930. The molecule has 0 radical (unpaired) electrons. The van der Waals surface area contributed by atoms with Gasteiger partial charge in [-0.3, -0.25) is 4.79 Å². The van der Waals surface area contributed by atoms with Crippen LogP contribution < -0.4 is 10.5 Å². The first kappa shape index (κ1) is 15.3. The van der Waals surface area contributed by atoms with Crippen molar-refractivity contribution >= 4 is 5.91 Å². The van der Waals surface area contributed by atoms with Gasteiger partial charge in [0.1, 0.15) is 5.75 Å². The summed E-state index contributed by atoms with van der Waals surface area (Å²) in [5, 5.41) is 0. The molecule has 1 aromatic rings. The molecule has 2 atom stereocenters. The van der Waals surface area contributed by atoms with E-state index in [0.717, 1.165) is 44.5 Å². The van der Waals surface area contributed by atoms with Crippen molar-refractivity contribution in [3.05, 3.63) is 29.8 Å². The van der Waals surface area contributed by atoms with Gasteiger partial charge in [-0.15, -0.1) is 0 Å². The van der Waals surface area contributed by atoms with Crippen molar-refractivity contribution in [1.82, 2.24) is 4.90 Å². The predicted molar refractivity (Wildman–Crippen MR) is 87.0 cm³/mol. The van der Waals surface area contributed by atoms with Crippen LogP contribution in [0.1, 0.15) is 49.4 Å². The van der Waals surface area contributed by atoms with Crippen LogP contribution in [0.25, 0.3) is 0 Å². The zero-order valence-electron chi connectivity index (χ0n) is 13.3. The second-order valence-electron chi connectivity index (χ2n) is 6.68. The first-order valence-electron chi connectivity index (χ1n) is 8.45. The number of piperidine rings is 1. The molecule has 2 fully saturated rings. The van der Waals surface area contributed by atoms with E-state index in [2.05, 4.69) is 0 Å². The van der Waals surface area contributed by atoms with E-state index in [1.165, 1.54) is 6.42 Å². The number of rotatable bonds is 4. The third kappa shape index (κ3) is 3.27. The second-order valence-corrected chi connectivity index (χ2v) is 6.68. The minimum Gasteiger partial charge on any atom is -0.490 e. The molecule has 1 aromatic carbocycles. The maximum atomic E-state index is 12.9. The van der Waals surface area contributed by atoms with Crippen LogP contribution in [0.2, 0.25) is 0 Å². The van der Waals surface area contributed by atoms with Crippen LogP contribution in [-0.2, 0) is 0 Å². The Hall–Kier alpha value is -1.55. The summed E-state index contributed by atoms with van der Waals surface area (Å²) in [6.07, 6.45) is 5.85. The van der Waals surface area contributed by atoms with Gasteiger partial charge in [-0.2, -0.15) is 0 Å². The normalized spacial score (nSPS) is 23.7. The number of carbonyl (C=O) groups excluding carboxylic acids is 1. The predicted octanol–water partition coefficient (Wildman–Crippen LogP) is 2.82. The SMILES string of the molecule is CC(N)C1CCCN(C(=O)c2ccccc2OC2CCC2)C1. The molecular weight excluding hydrogens is 276 g/mol.